The standard InChI is InChI=1S/C16H24ClN3O3S/c1-16(2)11-20(9-7-14(16)18)15(21)6-8-19-24(22,23)13-5-3-4-12(17)10-13/h3-5,10,14,19H,6-9,11,18H2,1-2H3. The highest BCUT2D eigenvalue weighted by Crippen LogP contribution is 2.27. The molecular weight excluding hydrogens is 350 g/mol. The van der Waals surface area contributed by atoms with Crippen LogP contribution in [0, 0.1) is 5.41 Å². The van der Waals surface area contributed by atoms with Crippen molar-refractivity contribution in [2.24, 2.45) is 11.1 Å². The summed E-state index contributed by atoms with van der Waals surface area (Å²) in [7, 11) is -3.67. The summed E-state index contributed by atoms with van der Waals surface area (Å²) in [6.45, 7) is 5.34. The molecule has 1 aliphatic heterocycles. The van der Waals surface area contributed by atoms with Crippen LogP contribution in [0.25, 0.3) is 0 Å². The summed E-state index contributed by atoms with van der Waals surface area (Å²) < 4.78 is 26.8. The highest BCUT2D eigenvalue weighted by Gasteiger charge is 2.35. The molecule has 1 fully saturated rings. The fourth-order valence-electron chi connectivity index (χ4n) is 2.75. The molecule has 1 aromatic carbocycles. The highest BCUT2D eigenvalue weighted by atomic mass is 35.5. The Balaban J connectivity index is 1.89. The molecular formula is C16H24ClN3O3S. The van der Waals surface area contributed by atoms with Crippen molar-refractivity contribution in [2.45, 2.75) is 37.6 Å². The monoisotopic (exact) mass is 373 g/mol. The lowest BCUT2D eigenvalue weighted by molar-refractivity contribution is -0.134. The number of nitrogens with one attached hydrogen (secondary N) is 1. The minimum absolute atomic E-state index is 0.0522. The third kappa shape index (κ3) is 4.69. The molecule has 1 unspecified atom stereocenters. The predicted molar refractivity (Wildman–Crippen MR) is 94.2 cm³/mol. The number of likely N-dealkylation sites (tertiary alicyclic amines) is 1. The van der Waals surface area contributed by atoms with Crippen LogP contribution in [0.3, 0.4) is 0 Å². The number of carbonyl (C=O) groups excluding carboxylic acids is 1. The number of halogens is 1. The Labute approximate surface area is 148 Å². The van der Waals surface area contributed by atoms with Crippen LogP contribution in [0.15, 0.2) is 29.2 Å². The summed E-state index contributed by atoms with van der Waals surface area (Å²) in [6, 6.07) is 6.08. The van der Waals surface area contributed by atoms with E-state index in [0.29, 0.717) is 18.1 Å². The maximum atomic E-state index is 12.3. The van der Waals surface area contributed by atoms with Crippen molar-refractivity contribution in [3.8, 4) is 0 Å². The van der Waals surface area contributed by atoms with Crippen molar-refractivity contribution in [3.63, 3.8) is 0 Å². The molecule has 0 radical (unpaired) electrons. The Morgan fingerprint density at radius 1 is 1.46 bits per heavy atom. The summed E-state index contributed by atoms with van der Waals surface area (Å²) in [6.07, 6.45) is 0.873. The summed E-state index contributed by atoms with van der Waals surface area (Å²) in [5, 5.41) is 0.348. The Hall–Kier alpha value is -1.15. The smallest absolute Gasteiger partial charge is 0.240 e. The molecule has 0 bridgehead atoms. The number of sulfonamides is 1. The Kier molecular flexibility index (Phi) is 5.91. The lowest BCUT2D eigenvalue weighted by Gasteiger charge is -2.42. The summed E-state index contributed by atoms with van der Waals surface area (Å²) in [5.74, 6) is -0.0660. The second-order valence-electron chi connectivity index (χ2n) is 6.80. The first-order valence-electron chi connectivity index (χ1n) is 7.90. The second-order valence-corrected chi connectivity index (χ2v) is 9.01. The molecule has 2 rings (SSSR count). The van der Waals surface area contributed by atoms with Crippen LogP contribution >= 0.6 is 11.6 Å². The van der Waals surface area contributed by atoms with Gasteiger partial charge < -0.3 is 10.6 Å². The minimum atomic E-state index is -3.67. The van der Waals surface area contributed by atoms with E-state index in [-0.39, 0.29) is 35.2 Å². The Bertz CT molecular complexity index is 706. The second kappa shape index (κ2) is 7.39. The van der Waals surface area contributed by atoms with E-state index in [1.54, 1.807) is 17.0 Å². The lowest BCUT2D eigenvalue weighted by atomic mass is 9.79. The van der Waals surface area contributed by atoms with Gasteiger partial charge in [0.15, 0.2) is 0 Å². The summed E-state index contributed by atoms with van der Waals surface area (Å²) >= 11 is 5.81. The molecule has 1 aliphatic rings. The molecule has 0 aromatic heterocycles. The van der Waals surface area contributed by atoms with E-state index in [4.69, 9.17) is 17.3 Å². The maximum absolute atomic E-state index is 12.3. The Morgan fingerprint density at radius 2 is 2.17 bits per heavy atom. The van der Waals surface area contributed by atoms with Crippen LogP contribution in [0.1, 0.15) is 26.7 Å². The largest absolute Gasteiger partial charge is 0.342 e. The van der Waals surface area contributed by atoms with Gasteiger partial charge in [-0.25, -0.2) is 13.1 Å². The van der Waals surface area contributed by atoms with Crippen LogP contribution in [-0.2, 0) is 14.8 Å². The van der Waals surface area contributed by atoms with Crippen molar-refractivity contribution in [3.05, 3.63) is 29.3 Å². The number of amides is 1. The van der Waals surface area contributed by atoms with E-state index in [0.717, 1.165) is 6.42 Å². The van der Waals surface area contributed by atoms with Gasteiger partial charge in [-0.05, 0) is 30.0 Å². The quantitative estimate of drug-likeness (QED) is 0.819. The predicted octanol–water partition coefficient (Wildman–Crippen LogP) is 1.59. The molecule has 1 amide bonds. The van der Waals surface area contributed by atoms with E-state index in [1.165, 1.54) is 12.1 Å². The van der Waals surface area contributed by atoms with Crippen molar-refractivity contribution in [1.82, 2.24) is 9.62 Å². The number of piperidine rings is 1. The fourth-order valence-corrected chi connectivity index (χ4v) is 4.09. The molecule has 0 spiro atoms. The number of nitrogens with two attached hydrogens (primary N) is 1. The topological polar surface area (TPSA) is 92.5 Å². The van der Waals surface area contributed by atoms with Gasteiger partial charge in [-0.15, -0.1) is 0 Å². The molecule has 1 atom stereocenters. The summed E-state index contributed by atoms with van der Waals surface area (Å²) in [4.78, 5) is 14.1. The van der Waals surface area contributed by atoms with E-state index >= 15 is 0 Å². The number of carbonyl (C=O) groups is 1. The average Bonchev–Trinajstić information content (AvgIpc) is 2.49. The van der Waals surface area contributed by atoms with E-state index in [1.807, 2.05) is 13.8 Å². The van der Waals surface area contributed by atoms with Gasteiger partial charge in [-0.2, -0.15) is 0 Å². The van der Waals surface area contributed by atoms with E-state index in [9.17, 15) is 13.2 Å². The third-order valence-corrected chi connectivity index (χ3v) is 6.10. The van der Waals surface area contributed by atoms with Gasteiger partial charge in [-0.1, -0.05) is 31.5 Å². The zero-order valence-electron chi connectivity index (χ0n) is 14.0. The fraction of sp³-hybridized carbons (Fsp3) is 0.562. The molecule has 0 saturated carbocycles. The van der Waals surface area contributed by atoms with Crippen LogP contribution in [0.5, 0.6) is 0 Å². The molecule has 134 valence electrons. The van der Waals surface area contributed by atoms with Crippen LogP contribution in [-0.4, -0.2) is 44.9 Å². The highest BCUT2D eigenvalue weighted by molar-refractivity contribution is 7.89. The zero-order chi connectivity index (χ0) is 18.0. The molecule has 3 N–H and O–H groups in total. The third-order valence-electron chi connectivity index (χ3n) is 4.40. The van der Waals surface area contributed by atoms with Gasteiger partial charge in [0.05, 0.1) is 4.90 Å². The van der Waals surface area contributed by atoms with Crippen molar-refractivity contribution < 1.29 is 13.2 Å². The number of nitrogens with zero attached hydrogens (tertiary/aromatic N) is 1. The Morgan fingerprint density at radius 3 is 2.79 bits per heavy atom. The number of benzene rings is 1. The molecule has 0 aliphatic carbocycles. The first-order chi connectivity index (χ1) is 11.1. The SMILES string of the molecule is CC1(C)CN(C(=O)CCNS(=O)(=O)c2cccc(Cl)c2)CCC1N. The average molecular weight is 374 g/mol. The normalized spacial score (nSPS) is 20.8. The van der Waals surface area contributed by atoms with Crippen LogP contribution in [0.4, 0.5) is 0 Å². The van der Waals surface area contributed by atoms with Crippen LogP contribution < -0.4 is 10.5 Å². The summed E-state index contributed by atoms with van der Waals surface area (Å²) in [5.41, 5.74) is 5.94. The maximum Gasteiger partial charge on any atom is 0.240 e. The van der Waals surface area contributed by atoms with Gasteiger partial charge in [0.1, 0.15) is 0 Å². The van der Waals surface area contributed by atoms with Crippen molar-refractivity contribution in [2.75, 3.05) is 19.6 Å². The van der Waals surface area contributed by atoms with Gasteiger partial charge in [0, 0.05) is 37.1 Å². The number of hydrogen-bond acceptors (Lipinski definition) is 4. The van der Waals surface area contributed by atoms with E-state index in [2.05, 4.69) is 4.72 Å². The van der Waals surface area contributed by atoms with Gasteiger partial charge in [0.25, 0.3) is 0 Å². The first-order valence-corrected chi connectivity index (χ1v) is 9.76. The number of hydrogen-bond donors (Lipinski definition) is 2. The van der Waals surface area contributed by atoms with Crippen LogP contribution in [0.2, 0.25) is 5.02 Å². The molecule has 24 heavy (non-hydrogen) atoms. The van der Waals surface area contributed by atoms with Gasteiger partial charge in [-0.3, -0.25) is 4.79 Å². The van der Waals surface area contributed by atoms with Crippen molar-refractivity contribution >= 4 is 27.5 Å². The molecule has 6 nitrogen and oxygen atoms in total. The first kappa shape index (κ1) is 19.2. The van der Waals surface area contributed by atoms with E-state index < -0.39 is 10.0 Å². The van der Waals surface area contributed by atoms with Gasteiger partial charge in [0.2, 0.25) is 15.9 Å². The molecule has 1 aromatic rings. The van der Waals surface area contributed by atoms with Crippen molar-refractivity contribution in [1.29, 1.82) is 0 Å². The molecule has 1 heterocycles. The molecule has 1 saturated heterocycles. The molecule has 8 heteroatoms. The zero-order valence-corrected chi connectivity index (χ0v) is 15.5. The minimum Gasteiger partial charge on any atom is -0.342 e. The van der Waals surface area contributed by atoms with Gasteiger partial charge >= 0.3 is 0 Å². The lowest BCUT2D eigenvalue weighted by Crippen LogP contribution is -2.54. The number of rotatable bonds is 5.